The van der Waals surface area contributed by atoms with Crippen LogP contribution in [0.4, 0.5) is 5.69 Å². The van der Waals surface area contributed by atoms with Crippen LogP contribution in [-0.2, 0) is 4.79 Å². The highest BCUT2D eigenvalue weighted by Crippen LogP contribution is 2.36. The van der Waals surface area contributed by atoms with E-state index in [1.165, 1.54) is 4.90 Å². The summed E-state index contributed by atoms with van der Waals surface area (Å²) in [4.78, 5) is 15.4. The average molecular weight is 320 g/mol. The number of anilines is 1. The molecule has 20 heavy (non-hydrogen) atoms. The van der Waals surface area contributed by atoms with Crippen LogP contribution < -0.4 is 14.5 Å². The Balaban J connectivity index is 0.00000200. The molecule has 0 fully saturated rings. The molecule has 0 bridgehead atoms. The quantitative estimate of drug-likeness (QED) is 0.910. The van der Waals surface area contributed by atoms with Crippen molar-refractivity contribution in [3.8, 4) is 5.75 Å². The van der Waals surface area contributed by atoms with Gasteiger partial charge in [0.15, 0.2) is 6.10 Å². The molecule has 1 aromatic rings. The molecule has 1 aliphatic heterocycles. The number of carbonyl (C=O) groups is 1. The number of quaternary nitrogens is 1. The summed E-state index contributed by atoms with van der Waals surface area (Å²) in [5.41, 5.74) is 0.782. The molecule has 4 nitrogen and oxygen atoms in total. The van der Waals surface area contributed by atoms with E-state index in [9.17, 15) is 4.79 Å². The maximum absolute atomic E-state index is 12.2. The van der Waals surface area contributed by atoms with Gasteiger partial charge in [0.25, 0.3) is 5.91 Å². The number of carbonyl (C=O) groups excluding carboxylic acids is 1. The van der Waals surface area contributed by atoms with E-state index in [4.69, 9.17) is 16.3 Å². The predicted molar refractivity (Wildman–Crippen MR) is 83.4 cm³/mol. The van der Waals surface area contributed by atoms with Gasteiger partial charge in [-0.1, -0.05) is 11.6 Å². The Kier molecular flexibility index (Phi) is 6.11. The van der Waals surface area contributed by atoms with Crippen LogP contribution in [0.3, 0.4) is 0 Å². The molecule has 0 saturated heterocycles. The summed E-state index contributed by atoms with van der Waals surface area (Å²) in [6, 6.07) is 5.40. The Morgan fingerprint density at radius 3 is 2.75 bits per heavy atom. The van der Waals surface area contributed by atoms with Crippen LogP contribution in [0.1, 0.15) is 13.3 Å². The lowest BCUT2D eigenvalue weighted by Crippen LogP contribution is -3.05. The van der Waals surface area contributed by atoms with Crippen molar-refractivity contribution in [1.29, 1.82) is 0 Å². The van der Waals surface area contributed by atoms with Gasteiger partial charge >= 0.3 is 0 Å². The lowest BCUT2D eigenvalue weighted by Gasteiger charge is -2.33. The minimum atomic E-state index is -0.430. The number of nitrogens with zero attached hydrogens (tertiary/aromatic N) is 1. The van der Waals surface area contributed by atoms with Crippen molar-refractivity contribution in [2.24, 2.45) is 0 Å². The molecular weight excluding hydrogens is 299 g/mol. The fourth-order valence-corrected chi connectivity index (χ4v) is 2.37. The zero-order valence-electron chi connectivity index (χ0n) is 12.0. The van der Waals surface area contributed by atoms with E-state index in [1.807, 2.05) is 6.07 Å². The van der Waals surface area contributed by atoms with E-state index in [0.29, 0.717) is 11.6 Å². The first-order valence-electron chi connectivity index (χ1n) is 6.55. The van der Waals surface area contributed by atoms with Gasteiger partial charge in [0.05, 0.1) is 26.3 Å². The Morgan fingerprint density at radius 1 is 1.40 bits per heavy atom. The fraction of sp³-hybridized carbons (Fsp3) is 0.500. The van der Waals surface area contributed by atoms with Gasteiger partial charge in [0, 0.05) is 18.0 Å². The lowest BCUT2D eigenvalue weighted by molar-refractivity contribution is -0.858. The van der Waals surface area contributed by atoms with Gasteiger partial charge in [-0.05, 0) is 25.1 Å². The number of halogens is 2. The first-order chi connectivity index (χ1) is 8.99. The highest BCUT2D eigenvalue weighted by molar-refractivity contribution is 6.31. The maximum atomic E-state index is 12.2. The van der Waals surface area contributed by atoms with Crippen LogP contribution in [-0.4, -0.2) is 39.2 Å². The molecule has 0 aromatic heterocycles. The zero-order valence-corrected chi connectivity index (χ0v) is 13.6. The summed E-state index contributed by atoms with van der Waals surface area (Å²) in [5, 5.41) is 0.618. The number of amides is 1. The van der Waals surface area contributed by atoms with Crippen molar-refractivity contribution in [2.45, 2.75) is 19.4 Å². The molecule has 1 heterocycles. The van der Waals surface area contributed by atoms with Gasteiger partial charge in [0.2, 0.25) is 0 Å². The second-order valence-electron chi connectivity index (χ2n) is 5.17. The Hall–Kier alpha value is -0.970. The SMILES string of the molecule is CC1Oc2ccc(Cl)cc2N(CCC[NH+](C)C)C1=O.Cl. The molecule has 0 aliphatic carbocycles. The third-order valence-corrected chi connectivity index (χ3v) is 3.42. The van der Waals surface area contributed by atoms with Crippen molar-refractivity contribution in [2.75, 3.05) is 32.1 Å². The minimum absolute atomic E-state index is 0. The fourth-order valence-electron chi connectivity index (χ4n) is 2.20. The molecule has 0 spiro atoms. The molecule has 2 rings (SSSR count). The predicted octanol–water partition coefficient (Wildman–Crippen LogP) is 1.41. The largest absolute Gasteiger partial charge is 0.479 e. The molecule has 1 N–H and O–H groups in total. The van der Waals surface area contributed by atoms with E-state index in [1.54, 1.807) is 24.0 Å². The summed E-state index contributed by atoms with van der Waals surface area (Å²) < 4.78 is 5.60. The van der Waals surface area contributed by atoms with Crippen LogP contribution >= 0.6 is 24.0 Å². The minimum Gasteiger partial charge on any atom is -0.479 e. The topological polar surface area (TPSA) is 34.0 Å². The van der Waals surface area contributed by atoms with E-state index < -0.39 is 6.10 Å². The smallest absolute Gasteiger partial charge is 0.267 e. The molecule has 0 saturated carbocycles. The van der Waals surface area contributed by atoms with Crippen LogP contribution in [0.2, 0.25) is 5.02 Å². The van der Waals surface area contributed by atoms with E-state index >= 15 is 0 Å². The molecule has 1 unspecified atom stereocenters. The van der Waals surface area contributed by atoms with Crippen molar-refractivity contribution < 1.29 is 14.4 Å². The molecule has 1 amide bonds. The third kappa shape index (κ3) is 3.78. The van der Waals surface area contributed by atoms with E-state index in [-0.39, 0.29) is 18.3 Å². The van der Waals surface area contributed by atoms with Crippen LogP contribution in [0, 0.1) is 0 Å². The first kappa shape index (κ1) is 17.1. The zero-order chi connectivity index (χ0) is 14.0. The molecule has 1 aliphatic rings. The van der Waals surface area contributed by atoms with Gasteiger partial charge in [0.1, 0.15) is 5.75 Å². The van der Waals surface area contributed by atoms with Crippen molar-refractivity contribution in [1.82, 2.24) is 0 Å². The second kappa shape index (κ2) is 7.16. The number of rotatable bonds is 4. The highest BCUT2D eigenvalue weighted by Gasteiger charge is 2.31. The van der Waals surface area contributed by atoms with Gasteiger partial charge in [-0.3, -0.25) is 4.79 Å². The van der Waals surface area contributed by atoms with E-state index in [2.05, 4.69) is 14.1 Å². The monoisotopic (exact) mass is 319 g/mol. The highest BCUT2D eigenvalue weighted by atomic mass is 35.5. The Labute approximate surface area is 131 Å². The summed E-state index contributed by atoms with van der Waals surface area (Å²) in [6.45, 7) is 3.50. The standard InChI is InChI=1S/C14H19ClN2O2.ClH/c1-10-14(18)17(8-4-7-16(2)3)12-9-11(15)5-6-13(12)19-10;/h5-6,9-10H,4,7-8H2,1-3H3;1H/p+1. The number of benzene rings is 1. The van der Waals surface area contributed by atoms with Crippen LogP contribution in [0.25, 0.3) is 0 Å². The summed E-state index contributed by atoms with van der Waals surface area (Å²) in [6.07, 6.45) is 0.521. The normalized spacial score (nSPS) is 17.6. The van der Waals surface area contributed by atoms with Gasteiger partial charge in [-0.2, -0.15) is 0 Å². The number of nitrogens with one attached hydrogen (secondary N) is 1. The van der Waals surface area contributed by atoms with Crippen molar-refractivity contribution >= 4 is 35.6 Å². The van der Waals surface area contributed by atoms with Crippen LogP contribution in [0.5, 0.6) is 5.75 Å². The number of ether oxygens (including phenoxy) is 1. The van der Waals surface area contributed by atoms with Crippen molar-refractivity contribution in [3.05, 3.63) is 23.2 Å². The first-order valence-corrected chi connectivity index (χ1v) is 6.93. The molecule has 0 radical (unpaired) electrons. The number of hydrogen-bond acceptors (Lipinski definition) is 2. The van der Waals surface area contributed by atoms with Gasteiger partial charge in [-0.15, -0.1) is 12.4 Å². The second-order valence-corrected chi connectivity index (χ2v) is 5.61. The molecule has 1 aromatic carbocycles. The van der Waals surface area contributed by atoms with Crippen LogP contribution in [0.15, 0.2) is 18.2 Å². The lowest BCUT2D eigenvalue weighted by atomic mass is 10.1. The Bertz CT molecular complexity index is 480. The van der Waals surface area contributed by atoms with Gasteiger partial charge in [-0.25, -0.2) is 0 Å². The molecule has 112 valence electrons. The molecule has 1 atom stereocenters. The Morgan fingerprint density at radius 2 is 2.10 bits per heavy atom. The number of fused-ring (bicyclic) bond motifs is 1. The summed E-state index contributed by atoms with van der Waals surface area (Å²) in [7, 11) is 4.21. The number of hydrogen-bond donors (Lipinski definition) is 1. The summed E-state index contributed by atoms with van der Waals surface area (Å²) in [5.74, 6) is 0.734. The molecular formula is C14H21Cl2N2O2+. The maximum Gasteiger partial charge on any atom is 0.267 e. The third-order valence-electron chi connectivity index (χ3n) is 3.19. The van der Waals surface area contributed by atoms with Gasteiger partial charge < -0.3 is 14.5 Å². The molecule has 6 heteroatoms. The average Bonchev–Trinajstić information content (AvgIpc) is 2.34. The van der Waals surface area contributed by atoms with Crippen molar-refractivity contribution in [3.63, 3.8) is 0 Å². The van der Waals surface area contributed by atoms with E-state index in [0.717, 1.165) is 24.4 Å². The summed E-state index contributed by atoms with van der Waals surface area (Å²) >= 11 is 6.01.